The van der Waals surface area contributed by atoms with E-state index in [9.17, 15) is 19.2 Å². The maximum atomic E-state index is 12.1. The molecule has 0 N–H and O–H groups in total. The zero-order valence-electron chi connectivity index (χ0n) is 41.6. The molecule has 12 nitrogen and oxygen atoms in total. The fourth-order valence-corrected chi connectivity index (χ4v) is 12.5. The molecule has 4 saturated heterocycles. The largest absolute Gasteiger partial charge is 0.468 e. The predicted octanol–water partition coefficient (Wildman–Crippen LogP) is 11.5. The van der Waals surface area contributed by atoms with E-state index in [4.69, 9.17) is 27.1 Å². The van der Waals surface area contributed by atoms with Crippen molar-refractivity contribution in [2.45, 2.75) is 88.0 Å². The zero-order chi connectivity index (χ0) is 50.5. The normalized spacial score (nSPS) is 25.8. The third-order valence-electron chi connectivity index (χ3n) is 11.9. The quantitative estimate of drug-likeness (QED) is 0.0687. The van der Waals surface area contributed by atoms with E-state index in [1.54, 1.807) is 62.7 Å². The molecule has 0 saturated carbocycles. The number of amides is 4. The number of carbonyl (C=O) groups excluding carboxylic acids is 4. The van der Waals surface area contributed by atoms with E-state index in [-0.39, 0.29) is 59.5 Å². The highest BCUT2D eigenvalue weighted by Gasteiger charge is 2.67. The van der Waals surface area contributed by atoms with Gasteiger partial charge in [0, 0.05) is 25.6 Å². The first-order chi connectivity index (χ1) is 33.9. The van der Waals surface area contributed by atoms with Crippen LogP contribution in [0, 0.1) is 23.7 Å². The topological polar surface area (TPSA) is 146 Å². The number of imide groups is 2. The molecule has 4 fully saturated rings. The average Bonchev–Trinajstić information content (AvgIpc) is 4.24. The number of nitrogens with zero attached hydrogens (tertiary/aromatic N) is 2. The molecule has 10 heterocycles. The summed E-state index contributed by atoms with van der Waals surface area (Å²) in [5.74, 6) is 14.9. The lowest BCUT2D eigenvalue weighted by atomic mass is 9.78. The maximum absolute atomic E-state index is 12.1. The summed E-state index contributed by atoms with van der Waals surface area (Å²) in [5.41, 5.74) is -1.07. The van der Waals surface area contributed by atoms with Crippen LogP contribution in [0.4, 0.5) is 0 Å². The van der Waals surface area contributed by atoms with E-state index in [2.05, 4.69) is 41.5 Å². The molecule has 70 heavy (non-hydrogen) atoms. The lowest BCUT2D eigenvalue weighted by molar-refractivity contribution is -0.143. The van der Waals surface area contributed by atoms with Gasteiger partial charge in [-0.25, -0.2) is 0 Å². The zero-order valence-corrected chi connectivity index (χ0v) is 46.5. The molecule has 4 bridgehead atoms. The van der Waals surface area contributed by atoms with E-state index >= 15 is 0 Å². The number of fused-ring (bicyclic) bond motifs is 10. The lowest BCUT2D eigenvalue weighted by Crippen LogP contribution is -2.41. The number of rotatable bonds is 18. The number of carbonyl (C=O) groups is 4. The number of furan rings is 4. The Morgan fingerprint density at radius 1 is 0.443 bits per heavy atom. The third kappa shape index (κ3) is 15.0. The Morgan fingerprint density at radius 2 is 0.729 bits per heavy atom. The first-order valence-electron chi connectivity index (χ1n) is 23.9. The number of hydrogen-bond donors (Lipinski definition) is 0. The number of likely N-dealkylation sites (tertiary alicyclic amines) is 2. The minimum atomic E-state index is -0.534. The summed E-state index contributed by atoms with van der Waals surface area (Å²) >= 11 is 11.0. The van der Waals surface area contributed by atoms with Gasteiger partial charge in [0.2, 0.25) is 23.6 Å². The van der Waals surface area contributed by atoms with Gasteiger partial charge in [-0.1, -0.05) is 65.8 Å². The Balaban J connectivity index is 0.000000161. The average molecular weight is 1080 g/mol. The molecule has 18 heteroatoms. The van der Waals surface area contributed by atoms with Gasteiger partial charge in [0.15, 0.2) is 0 Å². The van der Waals surface area contributed by atoms with Crippen LogP contribution in [0.3, 0.4) is 0 Å². The van der Waals surface area contributed by atoms with Crippen LogP contribution in [-0.2, 0) is 51.7 Å². The molecule has 8 unspecified atom stereocenters. The lowest BCUT2D eigenvalue weighted by Gasteiger charge is -2.27. The third-order valence-corrected chi connectivity index (χ3v) is 17.6. The molecule has 0 aliphatic carbocycles. The number of ether oxygens (including phenoxy) is 2. The van der Waals surface area contributed by atoms with Crippen LogP contribution in [0.1, 0.15) is 64.6 Å². The van der Waals surface area contributed by atoms with Crippen molar-refractivity contribution in [3.05, 3.63) is 121 Å². The minimum Gasteiger partial charge on any atom is -0.468 e. The Bertz CT molecular complexity index is 1970. The van der Waals surface area contributed by atoms with E-state index in [0.717, 1.165) is 92.1 Å². The summed E-state index contributed by atoms with van der Waals surface area (Å²) in [5, 5.41) is 0. The molecular weight excluding hydrogens is 1000 g/mol. The molecule has 0 radical (unpaired) electrons. The summed E-state index contributed by atoms with van der Waals surface area (Å²) in [6.07, 6.45) is 14.3. The van der Waals surface area contributed by atoms with Gasteiger partial charge in [-0.15, -0.1) is 0 Å². The molecule has 6 aliphatic heterocycles. The van der Waals surface area contributed by atoms with Gasteiger partial charge in [0.05, 0.1) is 83.9 Å². The fraction of sp³-hybridized carbons (Fsp3) is 0.538. The van der Waals surface area contributed by atoms with Crippen molar-refractivity contribution in [1.29, 1.82) is 0 Å². The second-order valence-corrected chi connectivity index (χ2v) is 24.1. The monoisotopic (exact) mass is 1070 g/mol. The van der Waals surface area contributed by atoms with Crippen LogP contribution < -0.4 is 0 Å². The molecule has 8 atom stereocenters. The van der Waals surface area contributed by atoms with Crippen molar-refractivity contribution in [2.24, 2.45) is 23.7 Å². The van der Waals surface area contributed by atoms with Crippen LogP contribution in [0.15, 0.2) is 116 Å². The fourth-order valence-electron chi connectivity index (χ4n) is 8.54. The van der Waals surface area contributed by atoms with Crippen molar-refractivity contribution in [3.8, 4) is 0 Å². The van der Waals surface area contributed by atoms with E-state index in [1.807, 2.05) is 120 Å². The van der Waals surface area contributed by atoms with Crippen molar-refractivity contribution in [1.82, 2.24) is 9.80 Å². The van der Waals surface area contributed by atoms with E-state index in [0.29, 0.717) is 0 Å². The second-order valence-electron chi connectivity index (χ2n) is 16.4. The van der Waals surface area contributed by atoms with E-state index < -0.39 is 11.2 Å². The predicted molar refractivity (Wildman–Crippen MR) is 291 cm³/mol. The summed E-state index contributed by atoms with van der Waals surface area (Å²) in [7, 11) is 3.15. The van der Waals surface area contributed by atoms with Crippen molar-refractivity contribution >= 4 is 94.2 Å². The van der Waals surface area contributed by atoms with Gasteiger partial charge < -0.3 is 27.1 Å². The molecule has 6 aliphatic rings. The van der Waals surface area contributed by atoms with Gasteiger partial charge in [-0.2, -0.15) is 70.6 Å². The Morgan fingerprint density at radius 3 is 0.971 bits per heavy atom. The van der Waals surface area contributed by atoms with Gasteiger partial charge in [0.25, 0.3) is 0 Å². The van der Waals surface area contributed by atoms with Crippen molar-refractivity contribution in [2.75, 3.05) is 60.1 Å². The highest BCUT2D eigenvalue weighted by molar-refractivity contribution is 7.99. The second kappa shape index (κ2) is 29.6. The standard InChI is InChI=1S/2C12H15NO3S.4C7H10OS/c2*1-3-17-6-12-5-4-7(16-12)8-9(12)11(15)13(2)10(8)14;4*1-2-9-6-7-4-3-5-8-7/h2*4-5,7-9H,3,6H2,1-2H3;4*3-5H,2,6H2,1H3. The highest BCUT2D eigenvalue weighted by Crippen LogP contribution is 2.53. The van der Waals surface area contributed by atoms with Crippen LogP contribution in [0.5, 0.6) is 0 Å². The van der Waals surface area contributed by atoms with Gasteiger partial charge >= 0.3 is 0 Å². The molecule has 0 spiro atoms. The van der Waals surface area contributed by atoms with Gasteiger partial charge in [-0.3, -0.25) is 29.0 Å². The Kier molecular flexibility index (Phi) is 24.4. The van der Waals surface area contributed by atoms with Gasteiger partial charge in [0.1, 0.15) is 34.2 Å². The Hall–Kier alpha value is -3.10. The molecule has 4 aromatic rings. The van der Waals surface area contributed by atoms with Crippen LogP contribution in [0.2, 0.25) is 0 Å². The molecule has 0 aromatic carbocycles. The van der Waals surface area contributed by atoms with Crippen molar-refractivity contribution in [3.63, 3.8) is 0 Å². The van der Waals surface area contributed by atoms with Crippen LogP contribution in [0.25, 0.3) is 0 Å². The molecule has 10 rings (SSSR count). The summed E-state index contributed by atoms with van der Waals surface area (Å²) in [6.45, 7) is 12.7. The first kappa shape index (κ1) is 57.8. The molecule has 384 valence electrons. The van der Waals surface area contributed by atoms with Crippen LogP contribution >= 0.6 is 70.6 Å². The van der Waals surface area contributed by atoms with E-state index in [1.165, 1.54) is 9.80 Å². The van der Waals surface area contributed by atoms with Crippen molar-refractivity contribution < 1.29 is 46.3 Å². The smallest absolute Gasteiger partial charge is 0.236 e. The molecular formula is C52H70N2O10S6. The summed E-state index contributed by atoms with van der Waals surface area (Å²) < 4.78 is 32.3. The highest BCUT2D eigenvalue weighted by atomic mass is 32.2. The summed E-state index contributed by atoms with van der Waals surface area (Å²) in [4.78, 5) is 50.8. The SMILES string of the molecule is CCSCC12C=CC(O1)C1C(=O)N(C)C(=O)C12.CCSCC12C=CC(O1)C1C(=O)N(C)C(=O)C12.CCSCc1ccco1.CCSCc1ccco1.CCSCc1ccco1.CCSCc1ccco1. The van der Waals surface area contributed by atoms with Gasteiger partial charge in [-0.05, 0) is 83.0 Å². The first-order valence-corrected chi connectivity index (χ1v) is 30.8. The molecule has 4 amide bonds. The summed E-state index contributed by atoms with van der Waals surface area (Å²) in [6, 6.07) is 15.7. The number of hydrogen-bond acceptors (Lipinski definition) is 16. The molecule has 4 aromatic heterocycles. The minimum absolute atomic E-state index is 0.0800. The Labute approximate surface area is 440 Å². The maximum Gasteiger partial charge on any atom is 0.236 e. The number of thioether (sulfide) groups is 6. The van der Waals surface area contributed by atoms with Crippen LogP contribution in [-0.4, -0.2) is 117 Å².